The van der Waals surface area contributed by atoms with Crippen molar-refractivity contribution in [2.45, 2.75) is 34.6 Å². The van der Waals surface area contributed by atoms with Crippen LogP contribution in [0.4, 0.5) is 10.1 Å². The molecular formula is C12H22FNO2S. The number of hydrogen-bond acceptors (Lipinski definition) is 2. The van der Waals surface area contributed by atoms with Crippen molar-refractivity contribution in [2.24, 2.45) is 0 Å². The molecule has 0 radical (unpaired) electrons. The van der Waals surface area contributed by atoms with Gasteiger partial charge in [0.25, 0.3) is 0 Å². The molecule has 0 spiro atoms. The third-order valence-corrected chi connectivity index (χ3v) is 2.01. The first-order chi connectivity index (χ1) is 7.88. The van der Waals surface area contributed by atoms with Crippen LogP contribution < -0.4 is 4.72 Å². The van der Waals surface area contributed by atoms with Gasteiger partial charge in [0, 0.05) is 0 Å². The Hall–Kier alpha value is -1.10. The Kier molecular flexibility index (Phi) is 9.66. The zero-order chi connectivity index (χ0) is 14.1. The van der Waals surface area contributed by atoms with Gasteiger partial charge in [-0.3, -0.25) is 4.72 Å². The Labute approximate surface area is 104 Å². The van der Waals surface area contributed by atoms with E-state index in [0.29, 0.717) is 0 Å². The molecule has 0 amide bonds. The van der Waals surface area contributed by atoms with Gasteiger partial charge in [0.1, 0.15) is 5.82 Å². The van der Waals surface area contributed by atoms with Crippen molar-refractivity contribution in [3.8, 4) is 0 Å². The van der Waals surface area contributed by atoms with Crippen molar-refractivity contribution in [3.05, 3.63) is 29.6 Å². The fourth-order valence-corrected chi connectivity index (χ4v) is 1.47. The fraction of sp³-hybridized carbons (Fsp3) is 0.500. The van der Waals surface area contributed by atoms with Gasteiger partial charge in [-0.25, -0.2) is 12.8 Å². The molecule has 17 heavy (non-hydrogen) atoms. The minimum atomic E-state index is -3.40. The maximum atomic E-state index is 13.1. The molecule has 100 valence electrons. The summed E-state index contributed by atoms with van der Waals surface area (Å²) in [6.45, 7) is 9.73. The number of anilines is 1. The number of benzene rings is 1. The zero-order valence-electron chi connectivity index (χ0n) is 11.3. The molecule has 1 aromatic rings. The Balaban J connectivity index is 0. The molecular weight excluding hydrogens is 241 g/mol. The van der Waals surface area contributed by atoms with Crippen molar-refractivity contribution in [1.82, 2.24) is 0 Å². The van der Waals surface area contributed by atoms with Crippen LogP contribution in [-0.2, 0) is 10.0 Å². The van der Waals surface area contributed by atoms with Gasteiger partial charge in [0.15, 0.2) is 0 Å². The average molecular weight is 263 g/mol. The van der Waals surface area contributed by atoms with Crippen molar-refractivity contribution < 1.29 is 12.8 Å². The number of aryl methyl sites for hydroxylation is 1. The summed E-state index contributed by atoms with van der Waals surface area (Å²) in [7, 11) is -3.40. The molecule has 0 bridgehead atoms. The third kappa shape index (κ3) is 8.68. The van der Waals surface area contributed by atoms with Crippen molar-refractivity contribution in [3.63, 3.8) is 0 Å². The monoisotopic (exact) mass is 263 g/mol. The van der Waals surface area contributed by atoms with E-state index in [1.165, 1.54) is 12.1 Å². The van der Waals surface area contributed by atoms with Crippen LogP contribution in [0.25, 0.3) is 0 Å². The van der Waals surface area contributed by atoms with E-state index < -0.39 is 15.8 Å². The topological polar surface area (TPSA) is 46.2 Å². The second-order valence-electron chi connectivity index (χ2n) is 2.86. The van der Waals surface area contributed by atoms with Gasteiger partial charge in [-0.1, -0.05) is 33.8 Å². The summed E-state index contributed by atoms with van der Waals surface area (Å²) in [5.74, 6) is -0.564. The Morgan fingerprint density at radius 3 is 1.94 bits per heavy atom. The zero-order valence-corrected chi connectivity index (χ0v) is 12.2. The second kappa shape index (κ2) is 8.98. The molecule has 0 unspecified atom stereocenters. The molecule has 0 aliphatic carbocycles. The van der Waals surface area contributed by atoms with Crippen LogP contribution >= 0.6 is 0 Å². The molecule has 0 saturated carbocycles. The standard InChI is InChI=1S/C8H10FNO2S.2C2H6/c1-6-3-4-8(7(9)5-6)10-13(2,11)12;2*1-2/h3-5,10H,1-2H3;2*1-2H3. The summed E-state index contributed by atoms with van der Waals surface area (Å²) < 4.78 is 36.6. The van der Waals surface area contributed by atoms with Gasteiger partial charge in [-0.2, -0.15) is 0 Å². The van der Waals surface area contributed by atoms with Gasteiger partial charge in [-0.05, 0) is 24.6 Å². The predicted octanol–water partition coefficient (Wildman–Crippen LogP) is 3.56. The van der Waals surface area contributed by atoms with Gasteiger partial charge < -0.3 is 0 Å². The summed E-state index contributed by atoms with van der Waals surface area (Å²) in [6.07, 6.45) is 0.978. The summed E-state index contributed by atoms with van der Waals surface area (Å²) >= 11 is 0. The number of rotatable bonds is 2. The Morgan fingerprint density at radius 1 is 1.12 bits per heavy atom. The molecule has 0 aliphatic heterocycles. The van der Waals surface area contributed by atoms with E-state index in [2.05, 4.69) is 4.72 Å². The number of nitrogens with one attached hydrogen (secondary N) is 1. The first-order valence-corrected chi connectivity index (χ1v) is 7.51. The number of halogens is 1. The molecule has 3 nitrogen and oxygen atoms in total. The fourth-order valence-electron chi connectivity index (χ4n) is 0.903. The van der Waals surface area contributed by atoms with Crippen LogP contribution in [0.15, 0.2) is 18.2 Å². The Bertz CT molecular complexity index is 417. The molecule has 0 heterocycles. The molecule has 1 aromatic carbocycles. The largest absolute Gasteiger partial charge is 0.281 e. The maximum Gasteiger partial charge on any atom is 0.229 e. The third-order valence-electron chi connectivity index (χ3n) is 1.42. The SMILES string of the molecule is CC.CC.Cc1ccc(NS(C)(=O)=O)c(F)c1. The predicted molar refractivity (Wildman–Crippen MR) is 72.3 cm³/mol. The highest BCUT2D eigenvalue weighted by atomic mass is 32.2. The summed E-state index contributed by atoms with van der Waals surface area (Å²) in [6, 6.07) is 4.30. The van der Waals surface area contributed by atoms with E-state index in [0.717, 1.165) is 11.8 Å². The highest BCUT2D eigenvalue weighted by Crippen LogP contribution is 2.15. The second-order valence-corrected chi connectivity index (χ2v) is 4.61. The average Bonchev–Trinajstić information content (AvgIpc) is 2.27. The van der Waals surface area contributed by atoms with Crippen molar-refractivity contribution >= 4 is 15.7 Å². The lowest BCUT2D eigenvalue weighted by atomic mass is 10.2. The highest BCUT2D eigenvalue weighted by Gasteiger charge is 2.06. The van der Waals surface area contributed by atoms with Crippen LogP contribution in [0.3, 0.4) is 0 Å². The minimum absolute atomic E-state index is 0.0203. The lowest BCUT2D eigenvalue weighted by Crippen LogP contribution is -2.10. The molecule has 5 heteroatoms. The van der Waals surface area contributed by atoms with Gasteiger partial charge in [0.2, 0.25) is 10.0 Å². The van der Waals surface area contributed by atoms with Crippen LogP contribution in [0.5, 0.6) is 0 Å². The summed E-state index contributed by atoms with van der Waals surface area (Å²) in [5, 5.41) is 0. The molecule has 1 rings (SSSR count). The van der Waals surface area contributed by atoms with Gasteiger partial charge in [-0.15, -0.1) is 0 Å². The van der Waals surface area contributed by atoms with Crippen LogP contribution in [0.2, 0.25) is 0 Å². The van der Waals surface area contributed by atoms with Crippen molar-refractivity contribution in [1.29, 1.82) is 0 Å². The Morgan fingerprint density at radius 2 is 1.59 bits per heavy atom. The van der Waals surface area contributed by atoms with E-state index in [9.17, 15) is 12.8 Å². The summed E-state index contributed by atoms with van der Waals surface area (Å²) in [4.78, 5) is 0. The molecule has 1 N–H and O–H groups in total. The number of hydrogen-bond donors (Lipinski definition) is 1. The minimum Gasteiger partial charge on any atom is -0.281 e. The summed E-state index contributed by atoms with van der Waals surface area (Å²) in [5.41, 5.74) is 0.727. The number of sulfonamides is 1. The molecule has 0 saturated heterocycles. The van der Waals surface area contributed by atoms with Crippen LogP contribution in [0.1, 0.15) is 33.3 Å². The van der Waals surface area contributed by atoms with E-state index in [1.807, 2.05) is 27.7 Å². The van der Waals surface area contributed by atoms with Crippen LogP contribution in [-0.4, -0.2) is 14.7 Å². The quantitative estimate of drug-likeness (QED) is 0.886. The lowest BCUT2D eigenvalue weighted by Gasteiger charge is -2.04. The molecule has 0 aromatic heterocycles. The van der Waals surface area contributed by atoms with Crippen molar-refractivity contribution in [2.75, 3.05) is 11.0 Å². The van der Waals surface area contributed by atoms with Gasteiger partial charge >= 0.3 is 0 Å². The van der Waals surface area contributed by atoms with Crippen LogP contribution in [0, 0.1) is 12.7 Å². The molecule has 0 atom stereocenters. The normalized spacial score (nSPS) is 9.35. The maximum absolute atomic E-state index is 13.1. The molecule has 0 aliphatic rings. The van der Waals surface area contributed by atoms with E-state index >= 15 is 0 Å². The lowest BCUT2D eigenvalue weighted by molar-refractivity contribution is 0.603. The molecule has 0 fully saturated rings. The van der Waals surface area contributed by atoms with Gasteiger partial charge in [0.05, 0.1) is 11.9 Å². The highest BCUT2D eigenvalue weighted by molar-refractivity contribution is 7.92. The smallest absolute Gasteiger partial charge is 0.229 e. The van der Waals surface area contributed by atoms with E-state index in [1.54, 1.807) is 13.0 Å². The first kappa shape index (κ1) is 18.3. The van der Waals surface area contributed by atoms with E-state index in [4.69, 9.17) is 0 Å². The van der Waals surface area contributed by atoms with E-state index in [-0.39, 0.29) is 5.69 Å². The first-order valence-electron chi connectivity index (χ1n) is 5.62.